The SMILES string of the molecule is [CH2-]CCCCCCCCCc1cc(C(=O)NN)c(OC)cc1O.[Ce]. The Morgan fingerprint density at radius 2 is 1.75 bits per heavy atom. The number of hydrazine groups is 1. The monoisotopic (exact) mass is 461 g/mol. The molecule has 0 saturated carbocycles. The molecule has 0 spiro atoms. The van der Waals surface area contributed by atoms with E-state index in [2.05, 4.69) is 12.3 Å². The summed E-state index contributed by atoms with van der Waals surface area (Å²) in [6, 6.07) is 3.13. The predicted molar refractivity (Wildman–Crippen MR) is 92.3 cm³/mol. The van der Waals surface area contributed by atoms with Crippen molar-refractivity contribution < 1.29 is 56.4 Å². The number of hydrogen-bond acceptors (Lipinski definition) is 4. The van der Waals surface area contributed by atoms with Gasteiger partial charge in [0.15, 0.2) is 0 Å². The van der Waals surface area contributed by atoms with E-state index in [1.165, 1.54) is 45.3 Å². The molecule has 24 heavy (non-hydrogen) atoms. The molecular formula is C18H29CeN2O3-. The van der Waals surface area contributed by atoms with Gasteiger partial charge < -0.3 is 16.8 Å². The summed E-state index contributed by atoms with van der Waals surface area (Å²) >= 11 is 0. The minimum absolute atomic E-state index is 0. The number of phenols is 1. The summed E-state index contributed by atoms with van der Waals surface area (Å²) < 4.78 is 5.11. The number of phenolic OH excluding ortho intramolecular Hbond substituents is 1. The Bertz CT molecular complexity index is 495. The summed E-state index contributed by atoms with van der Waals surface area (Å²) in [5.74, 6) is 5.24. The van der Waals surface area contributed by atoms with Gasteiger partial charge in [-0.25, -0.2) is 5.84 Å². The van der Waals surface area contributed by atoms with Crippen LogP contribution in [0.3, 0.4) is 0 Å². The van der Waals surface area contributed by atoms with E-state index in [4.69, 9.17) is 10.6 Å². The van der Waals surface area contributed by atoms with Crippen molar-refractivity contribution in [2.24, 2.45) is 5.84 Å². The molecule has 5 nitrogen and oxygen atoms in total. The maximum Gasteiger partial charge on any atom is 0.268 e. The predicted octanol–water partition coefficient (Wildman–Crippen LogP) is 3.50. The van der Waals surface area contributed by atoms with Crippen molar-refractivity contribution in [1.82, 2.24) is 5.43 Å². The summed E-state index contributed by atoms with van der Waals surface area (Å²) in [7, 11) is 1.45. The van der Waals surface area contributed by atoms with Gasteiger partial charge in [-0.05, 0) is 24.5 Å². The second kappa shape index (κ2) is 13.9. The summed E-state index contributed by atoms with van der Waals surface area (Å²) in [5.41, 5.74) is 3.19. The van der Waals surface area contributed by atoms with Gasteiger partial charge in [0.25, 0.3) is 5.91 Å². The number of carbonyl (C=O) groups excluding carboxylic acids is 1. The molecular weight excluding hydrogens is 432 g/mol. The first-order chi connectivity index (χ1) is 11.1. The molecule has 1 amide bonds. The molecule has 0 radical (unpaired) electrons. The molecule has 0 aliphatic rings. The molecule has 0 saturated heterocycles. The van der Waals surface area contributed by atoms with Crippen molar-refractivity contribution in [2.45, 2.75) is 57.8 Å². The van der Waals surface area contributed by atoms with Crippen LogP contribution in [0, 0.1) is 48.7 Å². The first-order valence-electron chi connectivity index (χ1n) is 8.34. The van der Waals surface area contributed by atoms with Gasteiger partial charge in [0.2, 0.25) is 0 Å². The maximum absolute atomic E-state index is 11.8. The summed E-state index contributed by atoms with van der Waals surface area (Å²) in [5, 5.41) is 10.1. The summed E-state index contributed by atoms with van der Waals surface area (Å²) in [4.78, 5) is 11.8. The van der Waals surface area contributed by atoms with Crippen molar-refractivity contribution in [3.8, 4) is 11.5 Å². The molecule has 6 heteroatoms. The zero-order chi connectivity index (χ0) is 17.1. The van der Waals surface area contributed by atoms with Crippen molar-refractivity contribution in [3.05, 3.63) is 30.2 Å². The number of ether oxygens (including phenoxy) is 1. The number of benzene rings is 1. The van der Waals surface area contributed by atoms with Crippen LogP contribution >= 0.6 is 0 Å². The average Bonchev–Trinajstić information content (AvgIpc) is 2.57. The summed E-state index contributed by atoms with van der Waals surface area (Å²) in [6.07, 6.45) is 10.1. The van der Waals surface area contributed by atoms with Crippen molar-refractivity contribution in [2.75, 3.05) is 7.11 Å². The number of unbranched alkanes of at least 4 members (excludes halogenated alkanes) is 7. The second-order valence-corrected chi connectivity index (χ2v) is 5.73. The Morgan fingerprint density at radius 3 is 2.29 bits per heavy atom. The van der Waals surface area contributed by atoms with E-state index in [9.17, 15) is 9.90 Å². The van der Waals surface area contributed by atoms with Crippen LogP contribution < -0.4 is 16.0 Å². The van der Waals surface area contributed by atoms with Gasteiger partial charge in [0.05, 0.1) is 12.7 Å². The number of nitrogens with one attached hydrogen (secondary N) is 1. The number of aryl methyl sites for hydroxylation is 1. The van der Waals surface area contributed by atoms with E-state index < -0.39 is 5.91 Å². The molecule has 134 valence electrons. The van der Waals surface area contributed by atoms with Crippen LogP contribution in [0.2, 0.25) is 0 Å². The minimum atomic E-state index is -0.423. The van der Waals surface area contributed by atoms with E-state index >= 15 is 0 Å². The smallest absolute Gasteiger partial charge is 0.268 e. The number of amides is 1. The zero-order valence-corrected chi connectivity index (χ0v) is 17.7. The van der Waals surface area contributed by atoms with Gasteiger partial charge in [-0.3, -0.25) is 10.2 Å². The van der Waals surface area contributed by atoms with Crippen LogP contribution in [0.1, 0.15) is 67.3 Å². The molecule has 1 aromatic carbocycles. The summed E-state index contributed by atoms with van der Waals surface area (Å²) in [6.45, 7) is 3.84. The Kier molecular flexibility index (Phi) is 13.6. The third kappa shape index (κ3) is 8.14. The van der Waals surface area contributed by atoms with Gasteiger partial charge in [0.1, 0.15) is 11.5 Å². The number of rotatable bonds is 11. The van der Waals surface area contributed by atoms with E-state index in [0.29, 0.717) is 11.3 Å². The number of hydrogen-bond donors (Lipinski definition) is 3. The molecule has 0 unspecified atom stereocenters. The van der Waals surface area contributed by atoms with Gasteiger partial charge in [-0.1, -0.05) is 38.5 Å². The van der Waals surface area contributed by atoms with E-state index in [0.717, 1.165) is 31.2 Å². The Morgan fingerprint density at radius 1 is 1.17 bits per heavy atom. The van der Waals surface area contributed by atoms with Gasteiger partial charge in [-0.15, -0.1) is 0 Å². The van der Waals surface area contributed by atoms with Crippen molar-refractivity contribution >= 4 is 5.91 Å². The number of nitrogens with two attached hydrogens (primary N) is 1. The molecule has 1 rings (SSSR count). The molecule has 1 aromatic rings. The van der Waals surface area contributed by atoms with E-state index in [-0.39, 0.29) is 47.5 Å². The van der Waals surface area contributed by atoms with Crippen molar-refractivity contribution in [1.29, 1.82) is 0 Å². The van der Waals surface area contributed by atoms with Crippen LogP contribution in [-0.4, -0.2) is 18.1 Å². The maximum atomic E-state index is 11.8. The molecule has 0 bridgehead atoms. The molecule has 0 aliphatic carbocycles. The second-order valence-electron chi connectivity index (χ2n) is 5.73. The molecule has 4 N–H and O–H groups in total. The largest absolute Gasteiger partial charge is 0.508 e. The van der Waals surface area contributed by atoms with Crippen LogP contribution in [0.5, 0.6) is 11.5 Å². The van der Waals surface area contributed by atoms with E-state index in [1.54, 1.807) is 6.07 Å². The molecule has 0 atom stereocenters. The van der Waals surface area contributed by atoms with Gasteiger partial charge in [0, 0.05) is 47.8 Å². The number of aromatic hydroxyl groups is 1. The Hall–Kier alpha value is -0.373. The average molecular weight is 462 g/mol. The number of methoxy groups -OCH3 is 1. The Labute approximate surface area is 179 Å². The van der Waals surface area contributed by atoms with Crippen LogP contribution in [0.4, 0.5) is 0 Å². The minimum Gasteiger partial charge on any atom is -0.508 e. The fourth-order valence-corrected chi connectivity index (χ4v) is 2.61. The molecule has 0 aliphatic heterocycles. The van der Waals surface area contributed by atoms with Gasteiger partial charge in [-0.2, -0.15) is 6.42 Å². The van der Waals surface area contributed by atoms with Crippen LogP contribution in [-0.2, 0) is 6.42 Å². The van der Waals surface area contributed by atoms with Crippen molar-refractivity contribution in [3.63, 3.8) is 0 Å². The standard InChI is InChI=1S/C18H29N2O3.Ce/c1-3-4-5-6-7-8-9-10-11-14-12-15(18(22)20-19)17(23-2)13-16(14)21;/h12-13,21H,1,3-11,19H2,2H3,(H,20,22);/q-1;. The Balaban J connectivity index is 0.00000529. The number of nitrogen functional groups attached to an aromatic ring is 1. The van der Waals surface area contributed by atoms with Crippen LogP contribution in [0.15, 0.2) is 12.1 Å². The molecule has 0 heterocycles. The molecule has 0 fully saturated rings. The topological polar surface area (TPSA) is 84.6 Å². The first-order valence-corrected chi connectivity index (χ1v) is 8.34. The third-order valence-corrected chi connectivity index (χ3v) is 3.97. The first kappa shape index (κ1) is 23.6. The van der Waals surface area contributed by atoms with E-state index in [1.807, 2.05) is 0 Å². The van der Waals surface area contributed by atoms with Gasteiger partial charge >= 0.3 is 0 Å². The normalized spacial score (nSPS) is 10.1. The fraction of sp³-hybridized carbons (Fsp3) is 0.556. The van der Waals surface area contributed by atoms with Crippen LogP contribution in [0.25, 0.3) is 0 Å². The third-order valence-electron chi connectivity index (χ3n) is 3.97. The zero-order valence-electron chi connectivity index (χ0n) is 14.6. The molecule has 0 aromatic heterocycles. The fourth-order valence-electron chi connectivity index (χ4n) is 2.61. The number of carbonyl (C=O) groups is 1. The quantitative estimate of drug-likeness (QED) is 0.155.